The molecule has 1 aliphatic heterocycles. The highest BCUT2D eigenvalue weighted by Crippen LogP contribution is 2.25. The lowest BCUT2D eigenvalue weighted by molar-refractivity contribution is -0.120. The summed E-state index contributed by atoms with van der Waals surface area (Å²) in [6, 6.07) is 2.05. The smallest absolute Gasteiger partial charge is 0.226 e. The molecule has 0 spiro atoms. The van der Waals surface area contributed by atoms with E-state index in [1.54, 1.807) is 22.7 Å². The summed E-state index contributed by atoms with van der Waals surface area (Å²) in [6.45, 7) is 1.58. The number of amides is 1. The van der Waals surface area contributed by atoms with Crippen LogP contribution in [-0.2, 0) is 30.6 Å². The second-order valence-corrected chi connectivity index (χ2v) is 7.36. The first-order chi connectivity index (χ1) is 11.8. The van der Waals surface area contributed by atoms with Crippen LogP contribution in [-0.4, -0.2) is 32.2 Å². The Labute approximate surface area is 147 Å². The maximum absolute atomic E-state index is 12.1. The predicted molar refractivity (Wildman–Crippen MR) is 94.2 cm³/mol. The Hall–Kier alpha value is -2.06. The third-order valence-electron chi connectivity index (χ3n) is 4.02. The number of hydrogen-bond acceptors (Lipinski definition) is 6. The molecule has 3 aromatic heterocycles. The summed E-state index contributed by atoms with van der Waals surface area (Å²) < 4.78 is 2.17. The molecular formula is C16H17N5OS2. The first kappa shape index (κ1) is 15.5. The molecule has 124 valence electrons. The molecule has 0 fully saturated rings. The molecule has 0 radical (unpaired) electrons. The van der Waals surface area contributed by atoms with Gasteiger partial charge in [0.25, 0.3) is 0 Å². The van der Waals surface area contributed by atoms with E-state index in [1.165, 1.54) is 0 Å². The maximum atomic E-state index is 12.1. The number of nitrogens with one attached hydrogen (secondary N) is 1. The number of hydrogen-bond donors (Lipinski definition) is 1. The molecule has 1 aliphatic rings. The highest BCUT2D eigenvalue weighted by Gasteiger charge is 2.17. The van der Waals surface area contributed by atoms with E-state index in [0.29, 0.717) is 13.0 Å². The lowest BCUT2D eigenvalue weighted by Gasteiger charge is -2.05. The van der Waals surface area contributed by atoms with Crippen molar-refractivity contribution in [2.45, 2.75) is 32.2 Å². The molecule has 4 rings (SSSR count). The maximum Gasteiger partial charge on any atom is 0.226 e. The van der Waals surface area contributed by atoms with Crippen LogP contribution in [0.1, 0.15) is 23.8 Å². The largest absolute Gasteiger partial charge is 0.355 e. The Kier molecular flexibility index (Phi) is 4.40. The molecular weight excluding hydrogens is 342 g/mol. The predicted octanol–water partition coefficient (Wildman–Crippen LogP) is 2.31. The quantitative estimate of drug-likeness (QED) is 0.733. The summed E-state index contributed by atoms with van der Waals surface area (Å²) in [5.41, 5.74) is 1.94. The highest BCUT2D eigenvalue weighted by atomic mass is 32.1. The molecule has 8 heteroatoms. The van der Waals surface area contributed by atoms with E-state index in [9.17, 15) is 4.79 Å². The summed E-state index contributed by atoms with van der Waals surface area (Å²) >= 11 is 3.23. The topological polar surface area (TPSA) is 72.7 Å². The zero-order valence-corrected chi connectivity index (χ0v) is 14.7. The minimum atomic E-state index is -0.00155. The van der Waals surface area contributed by atoms with Crippen LogP contribution in [0.15, 0.2) is 22.2 Å². The second-order valence-electron chi connectivity index (χ2n) is 5.72. The van der Waals surface area contributed by atoms with Gasteiger partial charge in [-0.15, -0.1) is 21.5 Å². The van der Waals surface area contributed by atoms with Crippen molar-refractivity contribution < 1.29 is 4.79 Å². The van der Waals surface area contributed by atoms with Crippen molar-refractivity contribution in [2.75, 3.05) is 6.54 Å². The van der Waals surface area contributed by atoms with Crippen molar-refractivity contribution in [3.63, 3.8) is 0 Å². The zero-order valence-electron chi connectivity index (χ0n) is 13.1. The summed E-state index contributed by atoms with van der Waals surface area (Å²) in [5, 5.41) is 18.4. The van der Waals surface area contributed by atoms with Crippen LogP contribution in [0.3, 0.4) is 0 Å². The standard InChI is InChI=1S/C16H17N5OS2/c22-15(8-12-10-24-16(18-12)11-4-7-23-9-11)17-5-3-14-20-19-13-2-1-6-21(13)14/h4,7,9-10H,1-3,5-6,8H2,(H,17,22). The van der Waals surface area contributed by atoms with Gasteiger partial charge in [0, 0.05) is 42.3 Å². The molecule has 6 nitrogen and oxygen atoms in total. The van der Waals surface area contributed by atoms with Crippen LogP contribution in [0, 0.1) is 0 Å². The van der Waals surface area contributed by atoms with Crippen molar-refractivity contribution in [3.05, 3.63) is 39.5 Å². The van der Waals surface area contributed by atoms with Crippen LogP contribution in [0.5, 0.6) is 0 Å². The van der Waals surface area contributed by atoms with E-state index in [4.69, 9.17) is 0 Å². The molecule has 4 heterocycles. The summed E-state index contributed by atoms with van der Waals surface area (Å²) in [5.74, 6) is 2.04. The first-order valence-electron chi connectivity index (χ1n) is 7.94. The van der Waals surface area contributed by atoms with Crippen molar-refractivity contribution in [3.8, 4) is 10.6 Å². The van der Waals surface area contributed by atoms with E-state index in [-0.39, 0.29) is 5.91 Å². The Morgan fingerprint density at radius 2 is 2.29 bits per heavy atom. The number of aryl methyl sites for hydroxylation is 1. The number of rotatable bonds is 6. The zero-order chi connectivity index (χ0) is 16.4. The molecule has 24 heavy (non-hydrogen) atoms. The molecule has 0 bridgehead atoms. The second kappa shape index (κ2) is 6.82. The van der Waals surface area contributed by atoms with E-state index in [2.05, 4.69) is 30.4 Å². The summed E-state index contributed by atoms with van der Waals surface area (Å²) in [4.78, 5) is 16.6. The van der Waals surface area contributed by atoms with Gasteiger partial charge in [-0.3, -0.25) is 4.79 Å². The molecule has 1 amide bonds. The van der Waals surface area contributed by atoms with Crippen LogP contribution in [0.4, 0.5) is 0 Å². The lowest BCUT2D eigenvalue weighted by Crippen LogP contribution is -2.28. The molecule has 0 saturated heterocycles. The van der Waals surface area contributed by atoms with Gasteiger partial charge < -0.3 is 9.88 Å². The van der Waals surface area contributed by atoms with Gasteiger partial charge in [-0.25, -0.2) is 4.98 Å². The third kappa shape index (κ3) is 3.25. The van der Waals surface area contributed by atoms with E-state index < -0.39 is 0 Å². The number of carbonyl (C=O) groups is 1. The summed E-state index contributed by atoms with van der Waals surface area (Å²) in [6.07, 6.45) is 3.19. The minimum absolute atomic E-state index is 0.00155. The Morgan fingerprint density at radius 1 is 1.33 bits per heavy atom. The van der Waals surface area contributed by atoms with Gasteiger partial charge in [-0.1, -0.05) is 0 Å². The van der Waals surface area contributed by atoms with Crippen molar-refractivity contribution in [1.29, 1.82) is 0 Å². The number of fused-ring (bicyclic) bond motifs is 1. The summed E-state index contributed by atoms with van der Waals surface area (Å²) in [7, 11) is 0. The van der Waals surface area contributed by atoms with Gasteiger partial charge in [-0.05, 0) is 17.9 Å². The number of carbonyl (C=O) groups excluding carboxylic acids is 1. The van der Waals surface area contributed by atoms with Crippen LogP contribution < -0.4 is 5.32 Å². The normalized spacial score (nSPS) is 13.2. The van der Waals surface area contributed by atoms with Gasteiger partial charge in [0.2, 0.25) is 5.91 Å². The van der Waals surface area contributed by atoms with E-state index in [1.807, 2.05) is 16.8 Å². The van der Waals surface area contributed by atoms with Crippen molar-refractivity contribution >= 4 is 28.6 Å². The highest BCUT2D eigenvalue weighted by molar-refractivity contribution is 7.14. The van der Waals surface area contributed by atoms with E-state index in [0.717, 1.165) is 53.7 Å². The lowest BCUT2D eigenvalue weighted by atomic mass is 10.3. The van der Waals surface area contributed by atoms with E-state index >= 15 is 0 Å². The van der Waals surface area contributed by atoms with Gasteiger partial charge >= 0.3 is 0 Å². The van der Waals surface area contributed by atoms with Gasteiger partial charge in [-0.2, -0.15) is 11.3 Å². The number of aromatic nitrogens is 4. The Morgan fingerprint density at radius 3 is 3.17 bits per heavy atom. The fourth-order valence-electron chi connectivity index (χ4n) is 2.84. The molecule has 0 saturated carbocycles. The molecule has 0 aromatic carbocycles. The molecule has 0 atom stereocenters. The monoisotopic (exact) mass is 359 g/mol. The Bertz CT molecular complexity index is 837. The third-order valence-corrected chi connectivity index (χ3v) is 5.64. The van der Waals surface area contributed by atoms with Gasteiger partial charge in [0.05, 0.1) is 12.1 Å². The fourth-order valence-corrected chi connectivity index (χ4v) is 4.38. The number of thiophene rings is 1. The number of nitrogens with zero attached hydrogens (tertiary/aromatic N) is 4. The fraction of sp³-hybridized carbons (Fsp3) is 0.375. The van der Waals surface area contributed by atoms with Crippen molar-refractivity contribution in [2.24, 2.45) is 0 Å². The van der Waals surface area contributed by atoms with Crippen LogP contribution in [0.25, 0.3) is 10.6 Å². The number of thiazole rings is 1. The molecule has 1 N–H and O–H groups in total. The van der Waals surface area contributed by atoms with Gasteiger partial charge in [0.1, 0.15) is 16.7 Å². The Balaban J connectivity index is 1.28. The molecule has 0 unspecified atom stereocenters. The average molecular weight is 359 g/mol. The van der Waals surface area contributed by atoms with Crippen LogP contribution in [0.2, 0.25) is 0 Å². The molecule has 3 aromatic rings. The van der Waals surface area contributed by atoms with Crippen molar-refractivity contribution in [1.82, 2.24) is 25.1 Å². The molecule has 0 aliphatic carbocycles. The SMILES string of the molecule is O=C(Cc1csc(-c2ccsc2)n1)NCCc1nnc2n1CCC2. The average Bonchev–Trinajstić information content (AvgIpc) is 3.33. The van der Waals surface area contributed by atoms with Crippen LogP contribution >= 0.6 is 22.7 Å². The van der Waals surface area contributed by atoms with Gasteiger partial charge in [0.15, 0.2) is 0 Å². The first-order valence-corrected chi connectivity index (χ1v) is 9.76. The minimum Gasteiger partial charge on any atom is -0.355 e.